The first-order valence-electron chi connectivity index (χ1n) is 8.17. The number of carbonyl (C=O) groups is 2. The number of H-pyrrole nitrogens is 1. The number of carbonyl (C=O) groups excluding carboxylic acids is 2. The lowest BCUT2D eigenvalue weighted by Crippen LogP contribution is -2.21. The van der Waals surface area contributed by atoms with E-state index in [-0.39, 0.29) is 17.4 Å². The molecule has 0 bridgehead atoms. The summed E-state index contributed by atoms with van der Waals surface area (Å²) in [4.78, 5) is 37.9. The molecule has 27 heavy (non-hydrogen) atoms. The van der Waals surface area contributed by atoms with Gasteiger partial charge in [0, 0.05) is 23.4 Å². The molecule has 2 aromatic rings. The molecule has 1 aliphatic rings. The topological polar surface area (TPSA) is 91.1 Å². The van der Waals surface area contributed by atoms with Crippen LogP contribution >= 0.6 is 0 Å². The van der Waals surface area contributed by atoms with Gasteiger partial charge in [0.2, 0.25) is 5.91 Å². The van der Waals surface area contributed by atoms with E-state index in [4.69, 9.17) is 0 Å². The number of aromatic nitrogens is 1. The first-order chi connectivity index (χ1) is 12.6. The Kier molecular flexibility index (Phi) is 4.77. The molecule has 9 heteroatoms. The number of hydrogen-bond donors (Lipinski definition) is 3. The molecule has 0 radical (unpaired) electrons. The highest BCUT2D eigenvalue weighted by atomic mass is 19.4. The van der Waals surface area contributed by atoms with Crippen LogP contribution in [0.4, 0.5) is 24.5 Å². The van der Waals surface area contributed by atoms with Crippen LogP contribution < -0.4 is 16.2 Å². The quantitative estimate of drug-likeness (QED) is 0.762. The van der Waals surface area contributed by atoms with E-state index in [1.54, 1.807) is 6.07 Å². The Bertz CT molecular complexity index is 953. The molecule has 1 aromatic heterocycles. The van der Waals surface area contributed by atoms with E-state index < -0.39 is 28.9 Å². The molecular weight excluding hydrogens is 363 g/mol. The zero-order valence-electron chi connectivity index (χ0n) is 14.2. The number of amides is 2. The van der Waals surface area contributed by atoms with Crippen LogP contribution in [0, 0.1) is 11.8 Å². The van der Waals surface area contributed by atoms with Crippen LogP contribution in [-0.4, -0.2) is 16.8 Å². The molecule has 1 saturated carbocycles. The smallest absolute Gasteiger partial charge is 0.327 e. The molecule has 0 saturated heterocycles. The van der Waals surface area contributed by atoms with Gasteiger partial charge in [0.25, 0.3) is 11.5 Å². The molecule has 0 spiro atoms. The van der Waals surface area contributed by atoms with Crippen molar-refractivity contribution in [2.45, 2.75) is 19.5 Å². The molecule has 1 fully saturated rings. The van der Waals surface area contributed by atoms with E-state index in [1.807, 2.05) is 11.9 Å². The van der Waals surface area contributed by atoms with Gasteiger partial charge in [-0.1, -0.05) is 13.0 Å². The molecule has 3 N–H and O–H groups in total. The normalized spacial score (nSPS) is 18.7. The van der Waals surface area contributed by atoms with Gasteiger partial charge in [0.05, 0.1) is 5.56 Å². The third-order valence-electron chi connectivity index (χ3n) is 4.32. The molecule has 1 aromatic carbocycles. The fourth-order valence-corrected chi connectivity index (χ4v) is 2.60. The van der Waals surface area contributed by atoms with Gasteiger partial charge in [-0.3, -0.25) is 14.4 Å². The SMILES string of the molecule is C[C@@H]1C[C@H]1C(=O)Nc1cccc(C(=O)Nc2cc(C(F)(F)F)c[nH]c2=O)c1. The van der Waals surface area contributed by atoms with Crippen molar-refractivity contribution in [3.63, 3.8) is 0 Å². The maximum absolute atomic E-state index is 12.8. The van der Waals surface area contributed by atoms with Gasteiger partial charge < -0.3 is 15.6 Å². The van der Waals surface area contributed by atoms with Crippen molar-refractivity contribution in [2.75, 3.05) is 10.6 Å². The summed E-state index contributed by atoms with van der Waals surface area (Å²) >= 11 is 0. The number of pyridine rings is 1. The highest BCUT2D eigenvalue weighted by molar-refractivity contribution is 6.05. The third-order valence-corrected chi connectivity index (χ3v) is 4.32. The number of rotatable bonds is 4. The minimum absolute atomic E-state index is 0.0499. The monoisotopic (exact) mass is 379 g/mol. The maximum Gasteiger partial charge on any atom is 0.417 e. The minimum atomic E-state index is -4.66. The van der Waals surface area contributed by atoms with Gasteiger partial charge in [-0.25, -0.2) is 0 Å². The lowest BCUT2D eigenvalue weighted by atomic mass is 10.1. The number of halogens is 3. The lowest BCUT2D eigenvalue weighted by molar-refractivity contribution is -0.137. The number of hydrogen-bond acceptors (Lipinski definition) is 3. The van der Waals surface area contributed by atoms with Crippen LogP contribution in [0.25, 0.3) is 0 Å². The Morgan fingerprint density at radius 3 is 2.52 bits per heavy atom. The molecule has 6 nitrogen and oxygen atoms in total. The second kappa shape index (κ2) is 6.90. The molecule has 0 aliphatic heterocycles. The van der Waals surface area contributed by atoms with Crippen LogP contribution in [0.15, 0.2) is 41.3 Å². The number of nitrogens with one attached hydrogen (secondary N) is 3. The standard InChI is InChI=1S/C18H16F3N3O3/c1-9-5-13(9)16(26)23-12-4-2-3-10(6-12)15(25)24-14-7-11(18(19,20)21)8-22-17(14)27/h2-4,6-9,13H,5H2,1H3,(H,22,27)(H,23,26)(H,24,25)/t9-,13-/m1/s1. The molecular formula is C18H16F3N3O3. The number of alkyl halides is 3. The van der Waals surface area contributed by atoms with Crippen LogP contribution in [0.2, 0.25) is 0 Å². The van der Waals surface area contributed by atoms with E-state index in [9.17, 15) is 27.6 Å². The summed E-state index contributed by atoms with van der Waals surface area (Å²) < 4.78 is 38.3. The van der Waals surface area contributed by atoms with Crippen molar-refractivity contribution in [3.8, 4) is 0 Å². The largest absolute Gasteiger partial charge is 0.417 e. The van der Waals surface area contributed by atoms with Gasteiger partial charge in [0.1, 0.15) is 5.69 Å². The van der Waals surface area contributed by atoms with Crippen molar-refractivity contribution < 1.29 is 22.8 Å². The van der Waals surface area contributed by atoms with Gasteiger partial charge in [0.15, 0.2) is 0 Å². The van der Waals surface area contributed by atoms with Crippen molar-refractivity contribution in [3.05, 3.63) is 58.0 Å². The average molecular weight is 379 g/mol. The summed E-state index contributed by atoms with van der Waals surface area (Å²) in [7, 11) is 0. The Balaban J connectivity index is 1.76. The number of aromatic amines is 1. The van der Waals surface area contributed by atoms with Gasteiger partial charge in [-0.2, -0.15) is 13.2 Å². The molecule has 3 rings (SSSR count). The highest BCUT2D eigenvalue weighted by Gasteiger charge is 2.39. The van der Waals surface area contributed by atoms with Crippen molar-refractivity contribution in [2.24, 2.45) is 11.8 Å². The molecule has 2 amide bonds. The number of anilines is 2. The first-order valence-corrected chi connectivity index (χ1v) is 8.17. The third kappa shape index (κ3) is 4.36. The maximum atomic E-state index is 12.8. The van der Waals surface area contributed by atoms with Crippen molar-refractivity contribution in [1.29, 1.82) is 0 Å². The summed E-state index contributed by atoms with van der Waals surface area (Å²) in [6, 6.07) is 6.50. The van der Waals surface area contributed by atoms with Crippen molar-refractivity contribution in [1.82, 2.24) is 4.98 Å². The first kappa shape index (κ1) is 18.7. The Morgan fingerprint density at radius 1 is 1.19 bits per heavy atom. The fourth-order valence-electron chi connectivity index (χ4n) is 2.60. The second-order valence-corrected chi connectivity index (χ2v) is 6.47. The molecule has 0 unspecified atom stereocenters. The molecule has 142 valence electrons. The highest BCUT2D eigenvalue weighted by Crippen LogP contribution is 2.38. The van der Waals surface area contributed by atoms with Crippen LogP contribution in [-0.2, 0) is 11.0 Å². The van der Waals surface area contributed by atoms with E-state index in [0.717, 1.165) is 6.42 Å². The summed E-state index contributed by atoms with van der Waals surface area (Å²) in [5.74, 6) is -0.639. The summed E-state index contributed by atoms with van der Waals surface area (Å²) in [6.07, 6.45) is -3.31. The minimum Gasteiger partial charge on any atom is -0.327 e. The Hall–Kier alpha value is -3.10. The lowest BCUT2D eigenvalue weighted by Gasteiger charge is -2.10. The summed E-state index contributed by atoms with van der Waals surface area (Å²) in [5, 5.41) is 4.86. The Morgan fingerprint density at radius 2 is 1.89 bits per heavy atom. The van der Waals surface area contributed by atoms with Gasteiger partial charge in [-0.15, -0.1) is 0 Å². The molecule has 2 atom stereocenters. The predicted octanol–water partition coefficient (Wildman–Crippen LogP) is 3.24. The van der Waals surface area contributed by atoms with E-state index in [0.29, 0.717) is 23.9 Å². The summed E-state index contributed by atoms with van der Waals surface area (Å²) in [5.41, 5.74) is -1.98. The van der Waals surface area contributed by atoms with Crippen LogP contribution in [0.3, 0.4) is 0 Å². The molecule has 1 heterocycles. The summed E-state index contributed by atoms with van der Waals surface area (Å²) in [6.45, 7) is 1.96. The van der Waals surface area contributed by atoms with E-state index >= 15 is 0 Å². The van der Waals surface area contributed by atoms with Gasteiger partial charge >= 0.3 is 6.18 Å². The average Bonchev–Trinajstić information content (AvgIpc) is 3.33. The van der Waals surface area contributed by atoms with Crippen molar-refractivity contribution >= 4 is 23.2 Å². The molecule has 1 aliphatic carbocycles. The van der Waals surface area contributed by atoms with Gasteiger partial charge in [-0.05, 0) is 36.6 Å². The van der Waals surface area contributed by atoms with E-state index in [2.05, 4.69) is 10.6 Å². The fraction of sp³-hybridized carbons (Fsp3) is 0.278. The van der Waals surface area contributed by atoms with Crippen LogP contribution in [0.5, 0.6) is 0 Å². The Labute approximate surface area is 151 Å². The number of benzene rings is 1. The van der Waals surface area contributed by atoms with E-state index in [1.165, 1.54) is 18.2 Å². The zero-order valence-corrected chi connectivity index (χ0v) is 14.2. The zero-order chi connectivity index (χ0) is 19.8. The van der Waals surface area contributed by atoms with Crippen LogP contribution in [0.1, 0.15) is 29.3 Å². The predicted molar refractivity (Wildman–Crippen MR) is 92.4 cm³/mol. The second-order valence-electron chi connectivity index (χ2n) is 6.47.